The van der Waals surface area contributed by atoms with Crippen LogP contribution in [0.25, 0.3) is 0 Å². The summed E-state index contributed by atoms with van der Waals surface area (Å²) in [5.41, 5.74) is 0.892. The molecular formula is C18H19ClN2O3S. The molecule has 1 fully saturated rings. The Balaban J connectivity index is 1.37. The number of ether oxygens (including phenoxy) is 1. The Bertz CT molecular complexity index is 741. The summed E-state index contributed by atoms with van der Waals surface area (Å²) in [4.78, 5) is 28.6. The minimum Gasteiger partial charge on any atom is -0.477 e. The number of hydrogen-bond acceptors (Lipinski definition) is 5. The van der Waals surface area contributed by atoms with Gasteiger partial charge in [0.1, 0.15) is 0 Å². The molecule has 1 N–H and O–H groups in total. The van der Waals surface area contributed by atoms with Crippen molar-refractivity contribution in [2.24, 2.45) is 5.92 Å². The molecule has 3 rings (SSSR count). The average molecular weight is 379 g/mol. The van der Waals surface area contributed by atoms with E-state index in [1.807, 2.05) is 12.1 Å². The molecule has 0 unspecified atom stereocenters. The number of carbonyl (C=O) groups excluding carboxylic acids is 2. The van der Waals surface area contributed by atoms with Gasteiger partial charge in [-0.1, -0.05) is 17.7 Å². The predicted octanol–water partition coefficient (Wildman–Crippen LogP) is 3.86. The minimum atomic E-state index is -0.162. The van der Waals surface area contributed by atoms with Crippen molar-refractivity contribution < 1.29 is 14.3 Å². The first-order valence-electron chi connectivity index (χ1n) is 8.23. The van der Waals surface area contributed by atoms with Crippen LogP contribution in [-0.2, 0) is 11.3 Å². The molecule has 2 aromatic rings. The average Bonchev–Trinajstić information content (AvgIpc) is 3.35. The molecule has 5 nitrogen and oxygen atoms in total. The van der Waals surface area contributed by atoms with Crippen LogP contribution in [0, 0.1) is 5.92 Å². The largest absolute Gasteiger partial charge is 0.477 e. The van der Waals surface area contributed by atoms with Gasteiger partial charge < -0.3 is 10.1 Å². The zero-order valence-electron chi connectivity index (χ0n) is 13.7. The maximum absolute atomic E-state index is 11.9. The zero-order chi connectivity index (χ0) is 17.6. The molecule has 0 bridgehead atoms. The van der Waals surface area contributed by atoms with E-state index in [0.29, 0.717) is 27.6 Å². The Morgan fingerprint density at radius 1 is 1.24 bits per heavy atom. The quantitative estimate of drug-likeness (QED) is 0.672. The molecule has 0 radical (unpaired) electrons. The van der Waals surface area contributed by atoms with Crippen LogP contribution in [0.15, 0.2) is 30.5 Å². The number of halogens is 1. The lowest BCUT2D eigenvalue weighted by Crippen LogP contribution is -2.23. The second-order valence-corrected chi connectivity index (χ2v) is 7.78. The molecule has 0 aliphatic heterocycles. The first-order valence-corrected chi connectivity index (χ1v) is 9.42. The highest BCUT2D eigenvalue weighted by atomic mass is 35.5. The van der Waals surface area contributed by atoms with Crippen LogP contribution in [-0.4, -0.2) is 23.3 Å². The van der Waals surface area contributed by atoms with Crippen LogP contribution in [0.1, 0.15) is 40.9 Å². The Morgan fingerprint density at radius 2 is 2.08 bits per heavy atom. The lowest BCUT2D eigenvalue weighted by atomic mass is 10.2. The molecule has 0 aromatic carbocycles. The number of rotatable bonds is 9. The first kappa shape index (κ1) is 17.9. The Labute approximate surface area is 155 Å². The highest BCUT2D eigenvalue weighted by Crippen LogP contribution is 2.29. The highest BCUT2D eigenvalue weighted by Gasteiger charge is 2.22. The summed E-state index contributed by atoms with van der Waals surface area (Å²) in [6.45, 7) is 1.11. The van der Waals surface area contributed by atoms with Gasteiger partial charge in [-0.15, -0.1) is 11.3 Å². The molecule has 7 heteroatoms. The molecule has 2 heterocycles. The number of amides is 1. The topological polar surface area (TPSA) is 68.3 Å². The van der Waals surface area contributed by atoms with Gasteiger partial charge in [0.15, 0.2) is 5.78 Å². The summed E-state index contributed by atoms with van der Waals surface area (Å²) in [7, 11) is 0. The maximum Gasteiger partial charge on any atom is 0.220 e. The molecule has 0 spiro atoms. The van der Waals surface area contributed by atoms with E-state index in [2.05, 4.69) is 10.3 Å². The minimum absolute atomic E-state index is 0.0640. The number of ketones is 1. The van der Waals surface area contributed by atoms with Crippen LogP contribution in [0.3, 0.4) is 0 Å². The number of Topliss-reactive ketones (excluding diaryl/α,β-unsaturated/α-hetero) is 1. The molecule has 0 atom stereocenters. The van der Waals surface area contributed by atoms with Crippen molar-refractivity contribution in [3.8, 4) is 5.88 Å². The fraction of sp³-hybridized carbons (Fsp3) is 0.389. The van der Waals surface area contributed by atoms with Crippen LogP contribution < -0.4 is 10.1 Å². The Hall–Kier alpha value is -1.92. The molecule has 1 amide bonds. The molecule has 1 aliphatic rings. The summed E-state index contributed by atoms with van der Waals surface area (Å²) in [6, 6.07) is 7.07. The van der Waals surface area contributed by atoms with Crippen LogP contribution in [0.2, 0.25) is 4.34 Å². The summed E-state index contributed by atoms with van der Waals surface area (Å²) >= 11 is 7.04. The maximum atomic E-state index is 11.9. The smallest absolute Gasteiger partial charge is 0.220 e. The highest BCUT2D eigenvalue weighted by molar-refractivity contribution is 7.18. The van der Waals surface area contributed by atoms with E-state index in [9.17, 15) is 9.59 Å². The fourth-order valence-electron chi connectivity index (χ4n) is 2.19. The molecular weight excluding hydrogens is 360 g/mol. The van der Waals surface area contributed by atoms with Crippen molar-refractivity contribution in [1.82, 2.24) is 10.3 Å². The molecule has 25 heavy (non-hydrogen) atoms. The van der Waals surface area contributed by atoms with E-state index in [1.54, 1.807) is 18.3 Å². The van der Waals surface area contributed by atoms with Gasteiger partial charge in [0.25, 0.3) is 0 Å². The van der Waals surface area contributed by atoms with Gasteiger partial charge >= 0.3 is 0 Å². The van der Waals surface area contributed by atoms with Crippen molar-refractivity contribution in [2.75, 3.05) is 6.61 Å². The van der Waals surface area contributed by atoms with Crippen molar-refractivity contribution in [3.63, 3.8) is 0 Å². The van der Waals surface area contributed by atoms with E-state index in [4.69, 9.17) is 16.3 Å². The number of thiophene rings is 1. The lowest BCUT2D eigenvalue weighted by molar-refractivity contribution is -0.121. The molecule has 0 saturated heterocycles. The second-order valence-electron chi connectivity index (χ2n) is 6.06. The van der Waals surface area contributed by atoms with E-state index in [-0.39, 0.29) is 24.5 Å². The lowest BCUT2D eigenvalue weighted by Gasteiger charge is -2.07. The molecule has 1 saturated carbocycles. The summed E-state index contributed by atoms with van der Waals surface area (Å²) in [6.07, 6.45) is 4.51. The van der Waals surface area contributed by atoms with Gasteiger partial charge in [0.05, 0.1) is 15.8 Å². The Kier molecular flexibility index (Phi) is 6.04. The number of aromatic nitrogens is 1. The predicted molar refractivity (Wildman–Crippen MR) is 97.2 cm³/mol. The van der Waals surface area contributed by atoms with E-state index in [1.165, 1.54) is 24.2 Å². The number of carbonyl (C=O) groups is 2. The van der Waals surface area contributed by atoms with Gasteiger partial charge in [0, 0.05) is 31.6 Å². The van der Waals surface area contributed by atoms with Gasteiger partial charge in [-0.05, 0) is 36.5 Å². The van der Waals surface area contributed by atoms with Crippen molar-refractivity contribution in [2.45, 2.75) is 32.2 Å². The second kappa shape index (κ2) is 8.45. The van der Waals surface area contributed by atoms with Crippen LogP contribution >= 0.6 is 22.9 Å². The zero-order valence-corrected chi connectivity index (χ0v) is 15.2. The molecule has 2 aromatic heterocycles. The summed E-state index contributed by atoms with van der Waals surface area (Å²) in [5.74, 6) is 1.08. The molecule has 1 aliphatic carbocycles. The van der Waals surface area contributed by atoms with Crippen LogP contribution in [0.4, 0.5) is 0 Å². The summed E-state index contributed by atoms with van der Waals surface area (Å²) < 4.78 is 6.15. The number of hydrogen-bond donors (Lipinski definition) is 1. The normalized spacial score (nSPS) is 13.5. The van der Waals surface area contributed by atoms with Crippen LogP contribution in [0.5, 0.6) is 5.88 Å². The van der Waals surface area contributed by atoms with Gasteiger partial charge in [-0.3, -0.25) is 9.59 Å². The van der Waals surface area contributed by atoms with Crippen molar-refractivity contribution >= 4 is 34.6 Å². The third-order valence-electron chi connectivity index (χ3n) is 3.88. The fourth-order valence-corrected chi connectivity index (χ4v) is 3.20. The standard InChI is InChI=1S/C18H19ClN2O3S/c19-16-6-5-15(25-16)14(22)4-7-17(23)20-9-13-3-8-18(21-10-13)24-11-12-1-2-12/h3,5-6,8,10,12H,1-2,4,7,9,11H2,(H,20,23). The number of nitrogens with one attached hydrogen (secondary N) is 1. The summed E-state index contributed by atoms with van der Waals surface area (Å²) in [5, 5.41) is 2.80. The first-order chi connectivity index (χ1) is 12.1. The third-order valence-corrected chi connectivity index (χ3v) is 5.15. The van der Waals surface area contributed by atoms with E-state index >= 15 is 0 Å². The third kappa shape index (κ3) is 5.83. The molecule has 132 valence electrons. The SMILES string of the molecule is O=C(CCC(=O)c1ccc(Cl)s1)NCc1ccc(OCC2CC2)nc1. The van der Waals surface area contributed by atoms with Gasteiger partial charge in [-0.25, -0.2) is 4.98 Å². The van der Waals surface area contributed by atoms with E-state index in [0.717, 1.165) is 12.2 Å². The van der Waals surface area contributed by atoms with Gasteiger partial charge in [0.2, 0.25) is 11.8 Å². The monoisotopic (exact) mass is 378 g/mol. The van der Waals surface area contributed by atoms with Crippen molar-refractivity contribution in [1.29, 1.82) is 0 Å². The number of pyridine rings is 1. The van der Waals surface area contributed by atoms with E-state index < -0.39 is 0 Å². The van der Waals surface area contributed by atoms with Gasteiger partial charge in [-0.2, -0.15) is 0 Å². The van der Waals surface area contributed by atoms with Crippen molar-refractivity contribution in [3.05, 3.63) is 45.2 Å². The number of nitrogens with zero attached hydrogens (tertiary/aromatic N) is 1. The Morgan fingerprint density at radius 3 is 2.72 bits per heavy atom.